The van der Waals surface area contributed by atoms with E-state index in [1.54, 1.807) is 9.80 Å². The van der Waals surface area contributed by atoms with Gasteiger partial charge >= 0.3 is 12.1 Å². The molecule has 0 aliphatic carbocycles. The largest absolute Gasteiger partial charge is 0.464 e. The van der Waals surface area contributed by atoms with E-state index in [4.69, 9.17) is 9.47 Å². The highest BCUT2D eigenvalue weighted by molar-refractivity contribution is 5.90. The van der Waals surface area contributed by atoms with Crippen LogP contribution in [-0.4, -0.2) is 66.2 Å². The van der Waals surface area contributed by atoms with E-state index in [2.05, 4.69) is 6.92 Å². The minimum absolute atomic E-state index is 0.132. The topological polar surface area (TPSA) is 76.2 Å². The molecule has 0 spiro atoms. The SMILES string of the molecule is CCCCCOC(=O)C1CCCCN1C(=O)C1CCCCN1C(=O)OCCCC. The Hall–Kier alpha value is -1.79. The minimum atomic E-state index is -0.536. The molecule has 0 bridgehead atoms. The van der Waals surface area contributed by atoms with Crippen LogP contribution in [0.4, 0.5) is 4.79 Å². The molecular formula is C22H38N2O5. The van der Waals surface area contributed by atoms with Crippen LogP contribution in [0.25, 0.3) is 0 Å². The molecule has 29 heavy (non-hydrogen) atoms. The van der Waals surface area contributed by atoms with Gasteiger partial charge < -0.3 is 14.4 Å². The first kappa shape index (κ1) is 23.5. The fourth-order valence-corrected chi connectivity index (χ4v) is 4.05. The van der Waals surface area contributed by atoms with E-state index >= 15 is 0 Å². The van der Waals surface area contributed by atoms with Crippen LogP contribution >= 0.6 is 0 Å². The van der Waals surface area contributed by atoms with Crippen LogP contribution in [0.15, 0.2) is 0 Å². The van der Waals surface area contributed by atoms with Crippen molar-refractivity contribution in [3.63, 3.8) is 0 Å². The molecule has 166 valence electrons. The van der Waals surface area contributed by atoms with Gasteiger partial charge in [-0.1, -0.05) is 33.1 Å². The Morgan fingerprint density at radius 3 is 2.07 bits per heavy atom. The number of carbonyl (C=O) groups excluding carboxylic acids is 3. The minimum Gasteiger partial charge on any atom is -0.464 e. The first-order valence-corrected chi connectivity index (χ1v) is 11.5. The molecule has 2 heterocycles. The summed E-state index contributed by atoms with van der Waals surface area (Å²) >= 11 is 0. The number of likely N-dealkylation sites (tertiary alicyclic amines) is 2. The maximum atomic E-state index is 13.4. The van der Waals surface area contributed by atoms with Crippen LogP contribution in [-0.2, 0) is 19.1 Å². The zero-order valence-electron chi connectivity index (χ0n) is 18.2. The second-order valence-corrected chi connectivity index (χ2v) is 8.09. The molecule has 0 aromatic carbocycles. The molecule has 2 fully saturated rings. The van der Waals surface area contributed by atoms with E-state index in [-0.39, 0.29) is 11.9 Å². The van der Waals surface area contributed by atoms with Gasteiger partial charge in [-0.2, -0.15) is 0 Å². The summed E-state index contributed by atoms with van der Waals surface area (Å²) < 4.78 is 10.8. The zero-order chi connectivity index (χ0) is 21.1. The zero-order valence-corrected chi connectivity index (χ0v) is 18.2. The summed E-state index contributed by atoms with van der Waals surface area (Å²) in [5, 5.41) is 0. The maximum Gasteiger partial charge on any atom is 0.410 e. The number of amides is 2. The van der Waals surface area contributed by atoms with Crippen LogP contribution in [0.1, 0.15) is 84.5 Å². The van der Waals surface area contributed by atoms with Gasteiger partial charge in [0.25, 0.3) is 0 Å². The monoisotopic (exact) mass is 410 g/mol. The van der Waals surface area contributed by atoms with E-state index in [1.165, 1.54) is 0 Å². The standard InChI is InChI=1S/C22H38N2O5/c1-3-5-11-17-28-21(26)19-13-8-9-14-23(19)20(25)18-12-7-10-15-24(18)22(27)29-16-6-4-2/h18-19H,3-17H2,1-2H3. The van der Waals surface area contributed by atoms with Gasteiger partial charge in [-0.25, -0.2) is 9.59 Å². The smallest absolute Gasteiger partial charge is 0.410 e. The molecule has 0 aromatic rings. The van der Waals surface area contributed by atoms with Gasteiger partial charge in [-0.15, -0.1) is 0 Å². The van der Waals surface area contributed by atoms with Gasteiger partial charge in [-0.05, 0) is 51.4 Å². The average Bonchev–Trinajstić information content (AvgIpc) is 2.76. The van der Waals surface area contributed by atoms with Gasteiger partial charge in [0.1, 0.15) is 12.1 Å². The van der Waals surface area contributed by atoms with E-state index in [1.807, 2.05) is 6.92 Å². The van der Waals surface area contributed by atoms with Crippen LogP contribution in [0, 0.1) is 0 Å². The maximum absolute atomic E-state index is 13.4. The molecule has 2 saturated heterocycles. The lowest BCUT2D eigenvalue weighted by molar-refractivity contribution is -0.159. The van der Waals surface area contributed by atoms with Crippen molar-refractivity contribution < 1.29 is 23.9 Å². The number of unbranched alkanes of at least 4 members (excludes halogenated alkanes) is 3. The fourth-order valence-electron chi connectivity index (χ4n) is 4.05. The van der Waals surface area contributed by atoms with E-state index in [9.17, 15) is 14.4 Å². The lowest BCUT2D eigenvalue weighted by Crippen LogP contribution is -2.58. The van der Waals surface area contributed by atoms with Crippen molar-refractivity contribution in [3.8, 4) is 0 Å². The lowest BCUT2D eigenvalue weighted by Gasteiger charge is -2.40. The molecule has 0 aromatic heterocycles. The first-order chi connectivity index (χ1) is 14.1. The lowest BCUT2D eigenvalue weighted by atomic mass is 9.97. The molecule has 7 nitrogen and oxygen atoms in total. The Balaban J connectivity index is 2.01. The number of carbonyl (C=O) groups is 3. The molecule has 2 aliphatic heterocycles. The molecule has 2 rings (SSSR count). The predicted molar refractivity (Wildman–Crippen MR) is 110 cm³/mol. The normalized spacial score (nSPS) is 22.3. The fraction of sp³-hybridized carbons (Fsp3) is 0.864. The van der Waals surface area contributed by atoms with E-state index < -0.39 is 18.2 Å². The molecule has 2 aliphatic rings. The molecule has 2 amide bonds. The van der Waals surface area contributed by atoms with Crippen molar-refractivity contribution in [1.82, 2.24) is 9.80 Å². The summed E-state index contributed by atoms with van der Waals surface area (Å²) in [5.74, 6) is -0.436. The quantitative estimate of drug-likeness (QED) is 0.426. The Morgan fingerprint density at radius 2 is 1.38 bits per heavy atom. The summed E-state index contributed by atoms with van der Waals surface area (Å²) in [6.07, 6.45) is 9.10. The Kier molecular flexibility index (Phi) is 10.3. The van der Waals surface area contributed by atoms with Gasteiger partial charge in [-0.3, -0.25) is 9.69 Å². The van der Waals surface area contributed by atoms with Crippen molar-refractivity contribution >= 4 is 18.0 Å². The molecule has 2 atom stereocenters. The van der Waals surface area contributed by atoms with Crippen LogP contribution < -0.4 is 0 Å². The third kappa shape index (κ3) is 6.89. The highest BCUT2D eigenvalue weighted by atomic mass is 16.6. The van der Waals surface area contributed by atoms with Crippen LogP contribution in [0.2, 0.25) is 0 Å². The number of esters is 1. The second kappa shape index (κ2) is 12.7. The molecule has 0 saturated carbocycles. The average molecular weight is 411 g/mol. The highest BCUT2D eigenvalue weighted by Gasteiger charge is 2.41. The van der Waals surface area contributed by atoms with Crippen LogP contribution in [0.3, 0.4) is 0 Å². The van der Waals surface area contributed by atoms with Gasteiger partial charge in [0.15, 0.2) is 0 Å². The number of piperidine rings is 2. The van der Waals surface area contributed by atoms with Gasteiger partial charge in [0.05, 0.1) is 13.2 Å². The highest BCUT2D eigenvalue weighted by Crippen LogP contribution is 2.25. The van der Waals surface area contributed by atoms with Crippen molar-refractivity contribution in [1.29, 1.82) is 0 Å². The van der Waals surface area contributed by atoms with Crippen LogP contribution in [0.5, 0.6) is 0 Å². The summed E-state index contributed by atoms with van der Waals surface area (Å²) in [4.78, 5) is 41.7. The number of ether oxygens (including phenoxy) is 2. The summed E-state index contributed by atoms with van der Waals surface area (Å²) in [5.41, 5.74) is 0. The van der Waals surface area contributed by atoms with E-state index in [0.717, 1.165) is 57.8 Å². The third-order valence-corrected chi connectivity index (χ3v) is 5.80. The van der Waals surface area contributed by atoms with Crippen molar-refractivity contribution in [2.24, 2.45) is 0 Å². The molecule has 7 heteroatoms. The number of hydrogen-bond donors (Lipinski definition) is 0. The number of nitrogens with zero attached hydrogens (tertiary/aromatic N) is 2. The second-order valence-electron chi connectivity index (χ2n) is 8.09. The summed E-state index contributed by atoms with van der Waals surface area (Å²) in [6, 6.07) is -1.07. The third-order valence-electron chi connectivity index (χ3n) is 5.80. The Labute approximate surface area is 175 Å². The molecular weight excluding hydrogens is 372 g/mol. The molecule has 0 radical (unpaired) electrons. The predicted octanol–water partition coefficient (Wildman–Crippen LogP) is 3.89. The van der Waals surface area contributed by atoms with Crippen molar-refractivity contribution in [2.45, 2.75) is 96.6 Å². The molecule has 0 N–H and O–H groups in total. The van der Waals surface area contributed by atoms with Gasteiger partial charge in [0, 0.05) is 13.1 Å². The van der Waals surface area contributed by atoms with Crippen molar-refractivity contribution in [2.75, 3.05) is 26.3 Å². The summed E-state index contributed by atoms with van der Waals surface area (Å²) in [6.45, 7) is 6.00. The number of hydrogen-bond acceptors (Lipinski definition) is 5. The first-order valence-electron chi connectivity index (χ1n) is 11.5. The molecule has 2 unspecified atom stereocenters. The van der Waals surface area contributed by atoms with Crippen molar-refractivity contribution in [3.05, 3.63) is 0 Å². The summed E-state index contributed by atoms with van der Waals surface area (Å²) in [7, 11) is 0. The number of rotatable bonds is 9. The van der Waals surface area contributed by atoms with Gasteiger partial charge in [0.2, 0.25) is 5.91 Å². The Morgan fingerprint density at radius 1 is 0.759 bits per heavy atom. The Bertz CT molecular complexity index is 539. The van der Waals surface area contributed by atoms with E-state index in [0.29, 0.717) is 39.1 Å².